The Morgan fingerprint density at radius 3 is 3.06 bits per heavy atom. The quantitative estimate of drug-likeness (QED) is 0.889. The number of rotatable bonds is 2. The number of fused-ring (bicyclic) bond motifs is 1. The fourth-order valence-corrected chi connectivity index (χ4v) is 3.16. The van der Waals surface area contributed by atoms with Gasteiger partial charge in [0.2, 0.25) is 0 Å². The van der Waals surface area contributed by atoms with E-state index < -0.39 is 0 Å². The maximum Gasteiger partial charge on any atom is 0.0438 e. The minimum Gasteiger partial charge on any atom is -0.365 e. The first-order chi connectivity index (χ1) is 8.83. The molecule has 1 aromatic carbocycles. The molecule has 1 atom stereocenters. The number of thiophene rings is 1. The third-order valence-corrected chi connectivity index (χ3v) is 4.15. The van der Waals surface area contributed by atoms with Crippen molar-refractivity contribution in [1.82, 2.24) is 5.32 Å². The summed E-state index contributed by atoms with van der Waals surface area (Å²) in [7, 11) is 0. The van der Waals surface area contributed by atoms with E-state index in [0.717, 1.165) is 19.6 Å². The maximum atomic E-state index is 3.57. The molecule has 1 aliphatic rings. The Labute approximate surface area is 112 Å². The van der Waals surface area contributed by atoms with Gasteiger partial charge in [-0.25, -0.2) is 0 Å². The lowest BCUT2D eigenvalue weighted by atomic mass is 10.1. The van der Waals surface area contributed by atoms with E-state index in [-0.39, 0.29) is 0 Å². The molecule has 0 aliphatic carbocycles. The molecule has 1 unspecified atom stereocenters. The normalized spacial score (nSPS) is 19.4. The van der Waals surface area contributed by atoms with Crippen molar-refractivity contribution in [2.24, 2.45) is 0 Å². The molecule has 18 heavy (non-hydrogen) atoms. The summed E-state index contributed by atoms with van der Waals surface area (Å²) in [5.41, 5.74) is 4.18. The fourth-order valence-electron chi connectivity index (χ4n) is 2.50. The second-order valence-electron chi connectivity index (χ2n) is 4.92. The van der Waals surface area contributed by atoms with Gasteiger partial charge in [0.25, 0.3) is 0 Å². The Bertz CT molecular complexity index is 507. The summed E-state index contributed by atoms with van der Waals surface area (Å²) in [6, 6.07) is 11.5. The van der Waals surface area contributed by atoms with Gasteiger partial charge in [-0.1, -0.05) is 18.2 Å². The zero-order valence-electron chi connectivity index (χ0n) is 10.6. The number of nitrogens with zero attached hydrogens (tertiary/aromatic N) is 1. The van der Waals surface area contributed by atoms with Crippen LogP contribution in [0.15, 0.2) is 41.1 Å². The van der Waals surface area contributed by atoms with Gasteiger partial charge in [-0.2, -0.15) is 11.3 Å². The van der Waals surface area contributed by atoms with E-state index in [1.807, 2.05) is 0 Å². The topological polar surface area (TPSA) is 15.3 Å². The zero-order chi connectivity index (χ0) is 12.4. The van der Waals surface area contributed by atoms with Crippen LogP contribution in [0.4, 0.5) is 5.69 Å². The largest absolute Gasteiger partial charge is 0.365 e. The lowest BCUT2D eigenvalue weighted by Gasteiger charge is -2.26. The van der Waals surface area contributed by atoms with Crippen LogP contribution in [0.2, 0.25) is 0 Å². The van der Waals surface area contributed by atoms with Crippen LogP contribution in [0.1, 0.15) is 18.1 Å². The molecule has 2 heterocycles. The number of hydrogen-bond acceptors (Lipinski definition) is 3. The predicted octanol–water partition coefficient (Wildman–Crippen LogP) is 3.25. The van der Waals surface area contributed by atoms with Crippen LogP contribution in [-0.4, -0.2) is 12.6 Å². The molecule has 0 amide bonds. The van der Waals surface area contributed by atoms with Gasteiger partial charge >= 0.3 is 0 Å². The van der Waals surface area contributed by atoms with E-state index in [2.05, 4.69) is 58.2 Å². The monoisotopic (exact) mass is 258 g/mol. The first kappa shape index (κ1) is 11.8. The molecule has 0 saturated heterocycles. The van der Waals surface area contributed by atoms with Gasteiger partial charge in [0.15, 0.2) is 0 Å². The van der Waals surface area contributed by atoms with Crippen molar-refractivity contribution in [3.8, 4) is 0 Å². The van der Waals surface area contributed by atoms with Gasteiger partial charge in [0.1, 0.15) is 0 Å². The van der Waals surface area contributed by atoms with Crippen LogP contribution < -0.4 is 10.2 Å². The van der Waals surface area contributed by atoms with Crippen LogP contribution in [0.3, 0.4) is 0 Å². The fraction of sp³-hybridized carbons (Fsp3) is 0.333. The molecule has 0 spiro atoms. The average molecular weight is 258 g/mol. The van der Waals surface area contributed by atoms with Gasteiger partial charge in [-0.3, -0.25) is 0 Å². The van der Waals surface area contributed by atoms with Crippen molar-refractivity contribution in [3.05, 3.63) is 52.2 Å². The number of benzene rings is 1. The summed E-state index contributed by atoms with van der Waals surface area (Å²) >= 11 is 1.77. The SMILES string of the molecule is CC1CN(Cc2ccsc2)c2ccccc2CN1. The molecule has 2 nitrogen and oxygen atoms in total. The molecule has 1 N–H and O–H groups in total. The van der Waals surface area contributed by atoms with Crippen LogP contribution >= 0.6 is 11.3 Å². The summed E-state index contributed by atoms with van der Waals surface area (Å²) in [6.07, 6.45) is 0. The summed E-state index contributed by atoms with van der Waals surface area (Å²) in [5.74, 6) is 0. The number of nitrogens with one attached hydrogen (secondary N) is 1. The molecule has 0 saturated carbocycles. The summed E-state index contributed by atoms with van der Waals surface area (Å²) in [5, 5.41) is 7.97. The van der Waals surface area contributed by atoms with E-state index in [0.29, 0.717) is 6.04 Å². The molecule has 0 fully saturated rings. The summed E-state index contributed by atoms with van der Waals surface area (Å²) in [4.78, 5) is 2.49. The van der Waals surface area contributed by atoms with Crippen LogP contribution in [0, 0.1) is 0 Å². The molecule has 94 valence electrons. The highest BCUT2D eigenvalue weighted by molar-refractivity contribution is 7.07. The molecular formula is C15H18N2S. The van der Waals surface area contributed by atoms with Crippen molar-refractivity contribution in [2.75, 3.05) is 11.4 Å². The number of para-hydroxylation sites is 1. The minimum atomic E-state index is 0.524. The van der Waals surface area contributed by atoms with E-state index in [1.165, 1.54) is 16.8 Å². The summed E-state index contributed by atoms with van der Waals surface area (Å²) in [6.45, 7) is 5.30. The van der Waals surface area contributed by atoms with E-state index in [9.17, 15) is 0 Å². The van der Waals surface area contributed by atoms with Crippen molar-refractivity contribution in [1.29, 1.82) is 0 Å². The van der Waals surface area contributed by atoms with Crippen molar-refractivity contribution >= 4 is 17.0 Å². The lowest BCUT2D eigenvalue weighted by Crippen LogP contribution is -2.35. The van der Waals surface area contributed by atoms with Crippen molar-refractivity contribution in [2.45, 2.75) is 26.1 Å². The Morgan fingerprint density at radius 2 is 2.22 bits per heavy atom. The van der Waals surface area contributed by atoms with Crippen molar-refractivity contribution in [3.63, 3.8) is 0 Å². The average Bonchev–Trinajstić information content (AvgIpc) is 2.83. The Hall–Kier alpha value is -1.32. The first-order valence-electron chi connectivity index (χ1n) is 6.40. The van der Waals surface area contributed by atoms with Crippen LogP contribution in [0.5, 0.6) is 0 Å². The predicted molar refractivity (Wildman–Crippen MR) is 78.1 cm³/mol. The molecule has 1 aliphatic heterocycles. The zero-order valence-corrected chi connectivity index (χ0v) is 11.4. The molecule has 1 aromatic heterocycles. The molecule has 3 rings (SSSR count). The Kier molecular flexibility index (Phi) is 3.35. The highest BCUT2D eigenvalue weighted by atomic mass is 32.1. The third-order valence-electron chi connectivity index (χ3n) is 3.42. The highest BCUT2D eigenvalue weighted by Crippen LogP contribution is 2.25. The number of anilines is 1. The van der Waals surface area contributed by atoms with Crippen LogP contribution in [-0.2, 0) is 13.1 Å². The van der Waals surface area contributed by atoms with Crippen molar-refractivity contribution < 1.29 is 0 Å². The smallest absolute Gasteiger partial charge is 0.0438 e. The van der Waals surface area contributed by atoms with E-state index in [1.54, 1.807) is 11.3 Å². The van der Waals surface area contributed by atoms with E-state index in [4.69, 9.17) is 0 Å². The second kappa shape index (κ2) is 5.12. The van der Waals surface area contributed by atoms with E-state index >= 15 is 0 Å². The molecule has 2 aromatic rings. The first-order valence-corrected chi connectivity index (χ1v) is 7.34. The lowest BCUT2D eigenvalue weighted by molar-refractivity contribution is 0.552. The van der Waals surface area contributed by atoms with Gasteiger partial charge in [0, 0.05) is 31.4 Å². The molecule has 3 heteroatoms. The minimum absolute atomic E-state index is 0.524. The standard InChI is InChI=1S/C15H18N2S/c1-12-9-17(10-13-6-7-18-11-13)15-5-3-2-4-14(15)8-16-12/h2-7,11-12,16H,8-10H2,1H3. The summed E-state index contributed by atoms with van der Waals surface area (Å²) < 4.78 is 0. The second-order valence-corrected chi connectivity index (χ2v) is 5.70. The van der Waals surface area contributed by atoms with Gasteiger partial charge < -0.3 is 10.2 Å². The van der Waals surface area contributed by atoms with Gasteiger partial charge in [-0.15, -0.1) is 0 Å². The highest BCUT2D eigenvalue weighted by Gasteiger charge is 2.18. The third kappa shape index (κ3) is 2.42. The maximum absolute atomic E-state index is 3.57. The van der Waals surface area contributed by atoms with Gasteiger partial charge in [0.05, 0.1) is 0 Å². The molecular weight excluding hydrogens is 240 g/mol. The number of hydrogen-bond donors (Lipinski definition) is 1. The molecule has 0 radical (unpaired) electrons. The Morgan fingerprint density at radius 1 is 1.33 bits per heavy atom. The molecule has 0 bridgehead atoms. The Balaban J connectivity index is 1.91. The van der Waals surface area contributed by atoms with Crippen LogP contribution in [0.25, 0.3) is 0 Å². The van der Waals surface area contributed by atoms with Gasteiger partial charge in [-0.05, 0) is 40.9 Å².